The molecule has 2 heterocycles. The van der Waals surface area contributed by atoms with Crippen LogP contribution in [0.3, 0.4) is 0 Å². The molecule has 3 aromatic carbocycles. The first-order chi connectivity index (χ1) is 13.9. The second-order valence-electron chi connectivity index (χ2n) is 8.20. The van der Waals surface area contributed by atoms with Gasteiger partial charge in [0.2, 0.25) is 5.75 Å². The van der Waals surface area contributed by atoms with E-state index in [0.29, 0.717) is 29.1 Å². The molecule has 1 unspecified atom stereocenters. The van der Waals surface area contributed by atoms with Gasteiger partial charge in [-0.2, -0.15) is 4.57 Å². The normalized spacial score (nSPS) is 18.7. The van der Waals surface area contributed by atoms with Gasteiger partial charge in [0.1, 0.15) is 0 Å². The maximum Gasteiger partial charge on any atom is 0.647 e. The average Bonchev–Trinajstić information content (AvgIpc) is 3.21. The van der Waals surface area contributed by atoms with E-state index in [2.05, 4.69) is 58.0 Å². The molecule has 0 spiro atoms. The molecule has 148 valence electrons. The lowest BCUT2D eigenvalue weighted by Gasteiger charge is -2.21. The van der Waals surface area contributed by atoms with Crippen LogP contribution in [-0.4, -0.2) is 0 Å². The quantitative estimate of drug-likeness (QED) is 0.420. The van der Waals surface area contributed by atoms with Crippen LogP contribution in [0.4, 0.5) is 0 Å². The van der Waals surface area contributed by atoms with Crippen LogP contribution >= 0.6 is 7.82 Å². The third-order valence-corrected chi connectivity index (χ3v) is 6.76. The predicted octanol–water partition coefficient (Wildman–Crippen LogP) is 7.54. The Morgan fingerprint density at radius 2 is 1.41 bits per heavy atom. The predicted molar refractivity (Wildman–Crippen MR) is 115 cm³/mol. The van der Waals surface area contributed by atoms with E-state index in [4.69, 9.17) is 13.6 Å². The highest BCUT2D eigenvalue weighted by atomic mass is 31.2. The lowest BCUT2D eigenvalue weighted by atomic mass is 9.86. The topological polar surface area (TPSA) is 44.8 Å². The summed E-state index contributed by atoms with van der Waals surface area (Å²) in [6, 6.07) is 18.6. The van der Waals surface area contributed by atoms with Crippen LogP contribution < -0.4 is 13.6 Å². The van der Waals surface area contributed by atoms with Gasteiger partial charge in [-0.3, -0.25) is 0 Å². The second kappa shape index (κ2) is 6.40. The molecule has 1 atom stereocenters. The lowest BCUT2D eigenvalue weighted by Crippen LogP contribution is -2.02. The summed E-state index contributed by atoms with van der Waals surface area (Å²) in [7, 11) is -3.56. The summed E-state index contributed by atoms with van der Waals surface area (Å²) in [4.78, 5) is 0. The summed E-state index contributed by atoms with van der Waals surface area (Å²) in [6.45, 7) is 8.85. The van der Waals surface area contributed by atoms with Crippen LogP contribution in [0.2, 0.25) is 0 Å². The minimum atomic E-state index is -3.56. The molecule has 0 radical (unpaired) electrons. The molecule has 2 bridgehead atoms. The molecular formula is C24H23O4P. The smallest absolute Gasteiger partial charge is 0.382 e. The van der Waals surface area contributed by atoms with E-state index in [1.807, 2.05) is 24.3 Å². The number of rotatable bonds is 4. The maximum atomic E-state index is 12.6. The van der Waals surface area contributed by atoms with Crippen molar-refractivity contribution in [3.8, 4) is 39.5 Å². The van der Waals surface area contributed by atoms with Crippen molar-refractivity contribution in [3.05, 3.63) is 65.7 Å². The summed E-state index contributed by atoms with van der Waals surface area (Å²) in [6.07, 6.45) is 0. The van der Waals surface area contributed by atoms with Gasteiger partial charge in [-0.15, -0.1) is 0 Å². The molecule has 0 N–H and O–H groups in total. The Kier molecular flexibility index (Phi) is 4.04. The van der Waals surface area contributed by atoms with E-state index in [1.165, 1.54) is 11.1 Å². The molecule has 5 rings (SSSR count). The number of fused-ring (bicyclic) bond motifs is 1. The molecule has 4 nitrogen and oxygen atoms in total. The van der Waals surface area contributed by atoms with E-state index in [9.17, 15) is 4.57 Å². The van der Waals surface area contributed by atoms with Gasteiger partial charge in [0.15, 0.2) is 11.5 Å². The Labute approximate surface area is 171 Å². The first-order valence-electron chi connectivity index (χ1n) is 9.96. The molecular weight excluding hydrogens is 383 g/mol. The fourth-order valence-electron chi connectivity index (χ4n) is 4.15. The van der Waals surface area contributed by atoms with E-state index in [-0.39, 0.29) is 0 Å². The monoisotopic (exact) mass is 406 g/mol. The van der Waals surface area contributed by atoms with Crippen LogP contribution in [0.5, 0.6) is 17.2 Å². The summed E-state index contributed by atoms with van der Waals surface area (Å²) in [5, 5.41) is 0. The number of phosphoric ester groups is 1. The Morgan fingerprint density at radius 3 is 2.07 bits per heavy atom. The molecule has 0 amide bonds. The van der Waals surface area contributed by atoms with Gasteiger partial charge in [-0.25, -0.2) is 0 Å². The molecule has 0 saturated heterocycles. The highest BCUT2D eigenvalue weighted by molar-refractivity contribution is 7.50. The zero-order valence-electron chi connectivity index (χ0n) is 16.9. The second-order valence-corrected chi connectivity index (χ2v) is 9.64. The summed E-state index contributed by atoms with van der Waals surface area (Å²) in [5.74, 6) is 2.28. The van der Waals surface area contributed by atoms with Crippen molar-refractivity contribution in [3.63, 3.8) is 0 Å². The molecule has 5 heteroatoms. The summed E-state index contributed by atoms with van der Waals surface area (Å²) >= 11 is 0. The zero-order chi connectivity index (χ0) is 20.3. The van der Waals surface area contributed by atoms with Gasteiger partial charge in [-0.05, 0) is 45.7 Å². The molecule has 0 aromatic heterocycles. The molecule has 0 fully saturated rings. The fraction of sp³-hybridized carbons (Fsp3) is 0.250. The minimum absolute atomic E-state index is 0.388. The third kappa shape index (κ3) is 2.86. The largest absolute Gasteiger partial charge is 0.647 e. The van der Waals surface area contributed by atoms with Crippen LogP contribution in [-0.2, 0) is 4.57 Å². The van der Waals surface area contributed by atoms with Crippen LogP contribution in [0.25, 0.3) is 22.3 Å². The first-order valence-corrected chi connectivity index (χ1v) is 11.4. The molecule has 0 aliphatic carbocycles. The van der Waals surface area contributed by atoms with Gasteiger partial charge in [0.25, 0.3) is 0 Å². The van der Waals surface area contributed by atoms with Crippen LogP contribution in [0.15, 0.2) is 54.6 Å². The Bertz CT molecular complexity index is 1170. The SMILES string of the molecule is CC(C)c1ccc(-c2c(-c3ccccc3)cc3c4c2OP(=O)(O3)O4)cc1C(C)C. The first kappa shape index (κ1) is 18.3. The number of phosphoric acid groups is 1. The standard InChI is InChI=1S/C24H23O4P/c1-14(2)18-11-10-17(12-19(18)15(3)4)22-20(16-8-6-5-7-9-16)13-21-23-24(22)28-29(25,26-21)27-23/h5-15H,1-4H3. The fourth-order valence-corrected chi connectivity index (χ4v) is 5.43. The minimum Gasteiger partial charge on any atom is -0.382 e. The molecule has 3 aromatic rings. The van der Waals surface area contributed by atoms with Crippen molar-refractivity contribution in [1.82, 2.24) is 0 Å². The summed E-state index contributed by atoms with van der Waals surface area (Å²) in [5.41, 5.74) is 6.60. The van der Waals surface area contributed by atoms with Crippen molar-refractivity contribution in [1.29, 1.82) is 0 Å². The lowest BCUT2D eigenvalue weighted by molar-refractivity contribution is 0.354. The van der Waals surface area contributed by atoms with Gasteiger partial charge < -0.3 is 13.6 Å². The molecule has 2 aliphatic rings. The highest BCUT2D eigenvalue weighted by Gasteiger charge is 2.51. The van der Waals surface area contributed by atoms with E-state index < -0.39 is 7.82 Å². The molecule has 29 heavy (non-hydrogen) atoms. The summed E-state index contributed by atoms with van der Waals surface area (Å²) < 4.78 is 29.2. The van der Waals surface area contributed by atoms with Gasteiger partial charge in [0.05, 0.1) is 0 Å². The Balaban J connectivity index is 1.79. The van der Waals surface area contributed by atoms with E-state index in [1.54, 1.807) is 0 Å². The van der Waals surface area contributed by atoms with Crippen molar-refractivity contribution >= 4 is 7.82 Å². The van der Waals surface area contributed by atoms with Crippen molar-refractivity contribution < 1.29 is 18.1 Å². The zero-order valence-corrected chi connectivity index (χ0v) is 17.8. The van der Waals surface area contributed by atoms with Gasteiger partial charge in [0, 0.05) is 5.56 Å². The van der Waals surface area contributed by atoms with Crippen molar-refractivity contribution in [2.24, 2.45) is 0 Å². The number of hydrogen-bond acceptors (Lipinski definition) is 4. The maximum absolute atomic E-state index is 12.6. The number of hydrogen-bond donors (Lipinski definition) is 0. The van der Waals surface area contributed by atoms with Crippen LogP contribution in [0, 0.1) is 0 Å². The highest BCUT2D eigenvalue weighted by Crippen LogP contribution is 2.71. The average molecular weight is 406 g/mol. The number of benzene rings is 3. The van der Waals surface area contributed by atoms with Crippen molar-refractivity contribution in [2.45, 2.75) is 39.5 Å². The van der Waals surface area contributed by atoms with E-state index >= 15 is 0 Å². The third-order valence-electron chi connectivity index (χ3n) is 5.52. The molecule has 0 saturated carbocycles. The Morgan fingerprint density at radius 1 is 0.724 bits per heavy atom. The van der Waals surface area contributed by atoms with Gasteiger partial charge in [-0.1, -0.05) is 76.2 Å². The van der Waals surface area contributed by atoms with Crippen molar-refractivity contribution in [2.75, 3.05) is 0 Å². The van der Waals surface area contributed by atoms with E-state index in [0.717, 1.165) is 22.3 Å². The Hall–Kier alpha value is -2.71. The molecule has 2 aliphatic heterocycles. The van der Waals surface area contributed by atoms with Gasteiger partial charge >= 0.3 is 7.82 Å². The van der Waals surface area contributed by atoms with Crippen LogP contribution in [0.1, 0.15) is 50.7 Å².